The molecule has 0 spiro atoms. The first-order valence-corrected chi connectivity index (χ1v) is 5.79. The van der Waals surface area contributed by atoms with Gasteiger partial charge < -0.3 is 15.5 Å². The normalized spacial score (nSPS) is 10.0. The van der Waals surface area contributed by atoms with Crippen LogP contribution in [0.2, 0.25) is 0 Å². The first-order chi connectivity index (χ1) is 8.32. The van der Waals surface area contributed by atoms with Gasteiger partial charge in [-0.25, -0.2) is 0 Å². The predicted molar refractivity (Wildman–Crippen MR) is 77.0 cm³/mol. The van der Waals surface area contributed by atoms with Crippen molar-refractivity contribution in [2.45, 2.75) is 6.92 Å². The Labute approximate surface area is 109 Å². The zero-order valence-electron chi connectivity index (χ0n) is 11.5. The molecule has 18 heavy (non-hydrogen) atoms. The summed E-state index contributed by atoms with van der Waals surface area (Å²) < 4.78 is 0. The van der Waals surface area contributed by atoms with Gasteiger partial charge in [-0.1, -0.05) is 12.2 Å². The molecule has 1 amide bonds. The standard InChI is InChI=1S/C14H21N3O/c1-10(2)9-17(5)14(18)12-8-11(15)6-7-13(12)16(3)4/h6-8H,1,9,15H2,2-5H3. The summed E-state index contributed by atoms with van der Waals surface area (Å²) in [5.74, 6) is -0.0472. The van der Waals surface area contributed by atoms with Crippen molar-refractivity contribution in [2.24, 2.45) is 0 Å². The highest BCUT2D eigenvalue weighted by molar-refractivity contribution is 6.00. The van der Waals surface area contributed by atoms with Gasteiger partial charge in [-0.15, -0.1) is 0 Å². The lowest BCUT2D eigenvalue weighted by molar-refractivity contribution is 0.0807. The second kappa shape index (κ2) is 5.58. The molecular weight excluding hydrogens is 226 g/mol. The van der Waals surface area contributed by atoms with E-state index in [2.05, 4.69) is 6.58 Å². The van der Waals surface area contributed by atoms with Gasteiger partial charge in [0.05, 0.1) is 5.56 Å². The quantitative estimate of drug-likeness (QED) is 0.654. The van der Waals surface area contributed by atoms with Crippen LogP contribution in [0.4, 0.5) is 11.4 Å². The fraction of sp³-hybridized carbons (Fsp3) is 0.357. The smallest absolute Gasteiger partial charge is 0.256 e. The lowest BCUT2D eigenvalue weighted by Gasteiger charge is -2.22. The van der Waals surface area contributed by atoms with Gasteiger partial charge in [-0.3, -0.25) is 4.79 Å². The van der Waals surface area contributed by atoms with Gasteiger partial charge in [0.15, 0.2) is 0 Å². The Morgan fingerprint density at radius 1 is 1.33 bits per heavy atom. The Kier molecular flexibility index (Phi) is 4.37. The topological polar surface area (TPSA) is 49.6 Å². The SMILES string of the molecule is C=C(C)CN(C)C(=O)c1cc(N)ccc1N(C)C. The number of benzene rings is 1. The summed E-state index contributed by atoms with van der Waals surface area (Å²) in [6.07, 6.45) is 0. The molecule has 0 aliphatic carbocycles. The number of carbonyl (C=O) groups is 1. The second-order valence-electron chi connectivity index (χ2n) is 4.79. The van der Waals surface area contributed by atoms with Crippen LogP contribution in [0.15, 0.2) is 30.4 Å². The van der Waals surface area contributed by atoms with E-state index in [9.17, 15) is 4.79 Å². The summed E-state index contributed by atoms with van der Waals surface area (Å²) in [6, 6.07) is 5.37. The third-order valence-corrected chi connectivity index (χ3v) is 2.59. The molecule has 1 aromatic rings. The molecule has 0 saturated heterocycles. The van der Waals surface area contributed by atoms with Gasteiger partial charge in [0.2, 0.25) is 0 Å². The van der Waals surface area contributed by atoms with Crippen LogP contribution in [0.3, 0.4) is 0 Å². The van der Waals surface area contributed by atoms with Crippen molar-refractivity contribution < 1.29 is 4.79 Å². The number of carbonyl (C=O) groups excluding carboxylic acids is 1. The molecule has 2 N–H and O–H groups in total. The molecule has 98 valence electrons. The third kappa shape index (κ3) is 3.26. The molecule has 4 heteroatoms. The Balaban J connectivity index is 3.11. The lowest BCUT2D eigenvalue weighted by Crippen LogP contribution is -2.29. The summed E-state index contributed by atoms with van der Waals surface area (Å²) in [5.41, 5.74) is 8.77. The number of hydrogen-bond donors (Lipinski definition) is 1. The van der Waals surface area contributed by atoms with Crippen molar-refractivity contribution in [1.82, 2.24) is 4.90 Å². The highest BCUT2D eigenvalue weighted by Gasteiger charge is 2.17. The molecular formula is C14H21N3O. The molecule has 0 aliphatic heterocycles. The zero-order valence-corrected chi connectivity index (χ0v) is 11.5. The molecule has 4 nitrogen and oxygen atoms in total. The predicted octanol–water partition coefficient (Wildman–Crippen LogP) is 1.98. The maximum absolute atomic E-state index is 12.4. The van der Waals surface area contributed by atoms with Crippen molar-refractivity contribution in [3.05, 3.63) is 35.9 Å². The van der Waals surface area contributed by atoms with Crippen molar-refractivity contribution in [1.29, 1.82) is 0 Å². The highest BCUT2D eigenvalue weighted by Crippen LogP contribution is 2.22. The van der Waals surface area contributed by atoms with Gasteiger partial charge in [0.1, 0.15) is 0 Å². The monoisotopic (exact) mass is 247 g/mol. The Morgan fingerprint density at radius 3 is 2.44 bits per heavy atom. The number of rotatable bonds is 4. The van der Waals surface area contributed by atoms with Crippen molar-refractivity contribution in [2.75, 3.05) is 38.3 Å². The fourth-order valence-corrected chi connectivity index (χ4v) is 1.80. The molecule has 0 heterocycles. The molecule has 1 aromatic carbocycles. The van der Waals surface area contributed by atoms with E-state index in [4.69, 9.17) is 5.73 Å². The Bertz CT molecular complexity index is 466. The van der Waals surface area contributed by atoms with E-state index in [1.807, 2.05) is 32.0 Å². The number of hydrogen-bond acceptors (Lipinski definition) is 3. The van der Waals surface area contributed by atoms with E-state index in [0.717, 1.165) is 11.3 Å². The van der Waals surface area contributed by atoms with E-state index in [0.29, 0.717) is 17.8 Å². The average Bonchev–Trinajstić information content (AvgIpc) is 2.26. The summed E-state index contributed by atoms with van der Waals surface area (Å²) in [6.45, 7) is 6.26. The van der Waals surface area contributed by atoms with Crippen LogP contribution in [0.1, 0.15) is 17.3 Å². The maximum atomic E-state index is 12.4. The number of nitrogen functional groups attached to an aromatic ring is 1. The van der Waals surface area contributed by atoms with Crippen LogP contribution in [-0.4, -0.2) is 38.5 Å². The fourth-order valence-electron chi connectivity index (χ4n) is 1.80. The number of nitrogens with zero attached hydrogens (tertiary/aromatic N) is 2. The summed E-state index contributed by atoms with van der Waals surface area (Å²) >= 11 is 0. The van der Waals surface area contributed by atoms with Crippen molar-refractivity contribution in [3.63, 3.8) is 0 Å². The first-order valence-electron chi connectivity index (χ1n) is 5.79. The largest absolute Gasteiger partial charge is 0.399 e. The first kappa shape index (κ1) is 14.1. The molecule has 0 fully saturated rings. The van der Waals surface area contributed by atoms with Crippen LogP contribution in [0, 0.1) is 0 Å². The highest BCUT2D eigenvalue weighted by atomic mass is 16.2. The van der Waals surface area contributed by atoms with Crippen LogP contribution >= 0.6 is 0 Å². The van der Waals surface area contributed by atoms with Crippen LogP contribution in [-0.2, 0) is 0 Å². The van der Waals surface area contributed by atoms with Crippen LogP contribution < -0.4 is 10.6 Å². The second-order valence-corrected chi connectivity index (χ2v) is 4.79. The molecule has 0 radical (unpaired) electrons. The van der Waals surface area contributed by atoms with Gasteiger partial charge in [-0.2, -0.15) is 0 Å². The minimum atomic E-state index is -0.0472. The molecule has 0 saturated carbocycles. The van der Waals surface area contributed by atoms with E-state index < -0.39 is 0 Å². The zero-order chi connectivity index (χ0) is 13.9. The average molecular weight is 247 g/mol. The molecule has 0 aromatic heterocycles. The molecule has 0 aliphatic rings. The van der Waals surface area contributed by atoms with Gasteiger partial charge in [-0.05, 0) is 25.1 Å². The Hall–Kier alpha value is -1.97. The Morgan fingerprint density at radius 2 is 1.94 bits per heavy atom. The molecule has 0 atom stereocenters. The summed E-state index contributed by atoms with van der Waals surface area (Å²) in [5, 5.41) is 0. The summed E-state index contributed by atoms with van der Waals surface area (Å²) in [4.78, 5) is 15.9. The number of anilines is 2. The number of likely N-dealkylation sites (N-methyl/N-ethyl adjacent to an activating group) is 1. The van der Waals surface area contributed by atoms with Gasteiger partial charge in [0.25, 0.3) is 5.91 Å². The number of amides is 1. The van der Waals surface area contributed by atoms with Crippen molar-refractivity contribution >= 4 is 17.3 Å². The minimum Gasteiger partial charge on any atom is -0.399 e. The minimum absolute atomic E-state index is 0.0472. The molecule has 1 rings (SSSR count). The van der Waals surface area contributed by atoms with E-state index >= 15 is 0 Å². The maximum Gasteiger partial charge on any atom is 0.256 e. The molecule has 0 bridgehead atoms. The van der Waals surface area contributed by atoms with Gasteiger partial charge in [0, 0.05) is 39.1 Å². The van der Waals surface area contributed by atoms with Crippen molar-refractivity contribution in [3.8, 4) is 0 Å². The van der Waals surface area contributed by atoms with Crippen LogP contribution in [0.5, 0.6) is 0 Å². The van der Waals surface area contributed by atoms with E-state index in [-0.39, 0.29) is 5.91 Å². The lowest BCUT2D eigenvalue weighted by atomic mass is 10.1. The van der Waals surface area contributed by atoms with E-state index in [1.165, 1.54) is 0 Å². The molecule has 0 unspecified atom stereocenters. The third-order valence-electron chi connectivity index (χ3n) is 2.59. The van der Waals surface area contributed by atoms with E-state index in [1.54, 1.807) is 24.1 Å². The number of nitrogens with two attached hydrogens (primary N) is 1. The van der Waals surface area contributed by atoms with Gasteiger partial charge >= 0.3 is 0 Å². The summed E-state index contributed by atoms with van der Waals surface area (Å²) in [7, 11) is 5.57. The van der Waals surface area contributed by atoms with Crippen LogP contribution in [0.25, 0.3) is 0 Å².